The molecule has 0 spiro atoms. The van der Waals surface area contributed by atoms with Crippen LogP contribution in [-0.4, -0.2) is 7.05 Å². The predicted molar refractivity (Wildman–Crippen MR) is 39.8 cm³/mol. The molecule has 0 heterocycles. The minimum atomic E-state index is 1.18. The molecule has 0 aliphatic heterocycles. The first-order valence-electron chi connectivity index (χ1n) is 3.10. The average molecular weight is 115 g/mol. The fraction of sp³-hybridized carbons (Fsp3) is 0.714. The number of rotatable bonds is 3. The van der Waals surface area contributed by atoms with Gasteiger partial charge < -0.3 is 5.73 Å². The Hall–Kier alpha value is -0.300. The Morgan fingerprint density at radius 2 is 2.00 bits per heavy atom. The summed E-state index contributed by atoms with van der Waals surface area (Å²) in [6, 6.07) is 0. The predicted octanol–water partition coefficient (Wildman–Crippen LogP) is 1.94. The second-order valence-corrected chi connectivity index (χ2v) is 1.43. The van der Waals surface area contributed by atoms with Crippen molar-refractivity contribution in [3.8, 4) is 0 Å². The Kier molecular flexibility index (Phi) is 21.1. The van der Waals surface area contributed by atoms with Crippen molar-refractivity contribution in [2.45, 2.75) is 26.2 Å². The van der Waals surface area contributed by atoms with Gasteiger partial charge in [-0.05, 0) is 13.5 Å². The second kappa shape index (κ2) is 15.9. The van der Waals surface area contributed by atoms with E-state index < -0.39 is 0 Å². The molecule has 1 heteroatoms. The fourth-order valence-corrected chi connectivity index (χ4v) is 0.348. The number of hydrogen-bond acceptors (Lipinski definition) is 1. The van der Waals surface area contributed by atoms with Crippen LogP contribution < -0.4 is 5.73 Å². The van der Waals surface area contributed by atoms with E-state index in [-0.39, 0.29) is 0 Å². The zero-order valence-electron chi connectivity index (χ0n) is 5.98. The van der Waals surface area contributed by atoms with Crippen LogP contribution in [-0.2, 0) is 0 Å². The summed E-state index contributed by atoms with van der Waals surface area (Å²) in [5.74, 6) is 0. The summed E-state index contributed by atoms with van der Waals surface area (Å²) in [4.78, 5) is 0. The Labute approximate surface area is 52.6 Å². The zero-order valence-corrected chi connectivity index (χ0v) is 5.98. The van der Waals surface area contributed by atoms with E-state index >= 15 is 0 Å². The summed E-state index contributed by atoms with van der Waals surface area (Å²) < 4.78 is 0. The quantitative estimate of drug-likeness (QED) is 0.441. The summed E-state index contributed by atoms with van der Waals surface area (Å²) in [6.45, 7) is 5.78. The molecule has 0 radical (unpaired) electrons. The van der Waals surface area contributed by atoms with Crippen LogP contribution in [0.3, 0.4) is 0 Å². The van der Waals surface area contributed by atoms with Gasteiger partial charge in [0.15, 0.2) is 0 Å². The molecular weight excluding hydrogens is 98.1 g/mol. The first-order chi connectivity index (χ1) is 3.91. The van der Waals surface area contributed by atoms with Gasteiger partial charge >= 0.3 is 0 Å². The van der Waals surface area contributed by atoms with Crippen molar-refractivity contribution in [1.82, 2.24) is 0 Å². The highest BCUT2D eigenvalue weighted by molar-refractivity contribution is 4.64. The molecule has 2 N–H and O–H groups in total. The summed E-state index contributed by atoms with van der Waals surface area (Å²) in [5, 5.41) is 0. The van der Waals surface area contributed by atoms with Crippen LogP contribution in [0.5, 0.6) is 0 Å². The van der Waals surface area contributed by atoms with E-state index in [0.717, 1.165) is 0 Å². The Bertz CT molecular complexity index is 33.4. The highest BCUT2D eigenvalue weighted by Crippen LogP contribution is 1.91. The van der Waals surface area contributed by atoms with E-state index in [1.165, 1.54) is 26.3 Å². The van der Waals surface area contributed by atoms with Crippen LogP contribution in [0, 0.1) is 0 Å². The molecule has 8 heavy (non-hydrogen) atoms. The van der Waals surface area contributed by atoms with Gasteiger partial charge in [0.1, 0.15) is 0 Å². The van der Waals surface area contributed by atoms with Crippen molar-refractivity contribution in [2.75, 3.05) is 7.05 Å². The first kappa shape index (κ1) is 10.6. The zero-order chi connectivity index (χ0) is 6.83. The molecule has 0 atom stereocenters. The Morgan fingerprint density at radius 1 is 1.50 bits per heavy atom. The standard InChI is InChI=1S/C6H12.CH5N/c1-3-5-6-4-2;1-2/h3H,1,4-6H2,2H3;2H2,1H3. The highest BCUT2D eigenvalue weighted by atomic mass is 14.4. The van der Waals surface area contributed by atoms with Gasteiger partial charge in [0.25, 0.3) is 0 Å². The maximum absolute atomic E-state index is 4.50. The van der Waals surface area contributed by atoms with Crippen LogP contribution in [0.15, 0.2) is 12.7 Å². The average Bonchev–Trinajstić information content (AvgIpc) is 1.88. The molecular formula is C7H17N. The smallest absolute Gasteiger partial charge is 0.0195 e. The van der Waals surface area contributed by atoms with E-state index in [1.54, 1.807) is 0 Å². The van der Waals surface area contributed by atoms with Gasteiger partial charge in [-0.25, -0.2) is 0 Å². The van der Waals surface area contributed by atoms with Gasteiger partial charge in [-0.15, -0.1) is 6.58 Å². The molecule has 0 bridgehead atoms. The summed E-state index contributed by atoms with van der Waals surface area (Å²) in [6.07, 6.45) is 5.72. The molecule has 1 nitrogen and oxygen atoms in total. The van der Waals surface area contributed by atoms with Gasteiger partial charge in [-0.1, -0.05) is 25.8 Å². The summed E-state index contributed by atoms with van der Waals surface area (Å²) in [5.41, 5.74) is 4.50. The molecule has 0 fully saturated rings. The summed E-state index contributed by atoms with van der Waals surface area (Å²) in [7, 11) is 1.50. The number of allylic oxidation sites excluding steroid dienone is 1. The van der Waals surface area contributed by atoms with Gasteiger partial charge in [0.2, 0.25) is 0 Å². The lowest BCUT2D eigenvalue weighted by Crippen LogP contribution is -1.69. The lowest BCUT2D eigenvalue weighted by atomic mass is 10.3. The van der Waals surface area contributed by atoms with Gasteiger partial charge in [0.05, 0.1) is 0 Å². The molecule has 0 aromatic rings. The molecule has 0 aromatic carbocycles. The van der Waals surface area contributed by atoms with E-state index in [2.05, 4.69) is 19.2 Å². The van der Waals surface area contributed by atoms with Crippen LogP contribution in [0.1, 0.15) is 26.2 Å². The van der Waals surface area contributed by atoms with Crippen LogP contribution in [0.2, 0.25) is 0 Å². The Balaban J connectivity index is 0. The first-order valence-corrected chi connectivity index (χ1v) is 3.10. The minimum Gasteiger partial charge on any atom is -0.333 e. The maximum atomic E-state index is 4.50. The van der Waals surface area contributed by atoms with Gasteiger partial charge in [0, 0.05) is 0 Å². The lowest BCUT2D eigenvalue weighted by molar-refractivity contribution is 0.816. The van der Waals surface area contributed by atoms with Crippen molar-refractivity contribution < 1.29 is 0 Å². The molecule has 0 saturated carbocycles. The molecule has 0 saturated heterocycles. The molecule has 0 amide bonds. The number of unbranched alkanes of at least 4 members (excludes halogenated alkanes) is 2. The molecule has 0 aromatic heterocycles. The van der Waals surface area contributed by atoms with Crippen molar-refractivity contribution >= 4 is 0 Å². The highest BCUT2D eigenvalue weighted by Gasteiger charge is 1.71. The molecule has 0 aliphatic carbocycles. The van der Waals surface area contributed by atoms with Crippen molar-refractivity contribution in [2.24, 2.45) is 5.73 Å². The van der Waals surface area contributed by atoms with Gasteiger partial charge in [-0.2, -0.15) is 0 Å². The molecule has 0 rings (SSSR count). The molecule has 50 valence electrons. The number of nitrogens with two attached hydrogens (primary N) is 1. The summed E-state index contributed by atoms with van der Waals surface area (Å²) >= 11 is 0. The van der Waals surface area contributed by atoms with Crippen molar-refractivity contribution in [3.63, 3.8) is 0 Å². The van der Waals surface area contributed by atoms with E-state index in [4.69, 9.17) is 0 Å². The topological polar surface area (TPSA) is 26.0 Å². The third-order valence-electron chi connectivity index (χ3n) is 0.762. The van der Waals surface area contributed by atoms with E-state index in [0.29, 0.717) is 0 Å². The monoisotopic (exact) mass is 115 g/mol. The van der Waals surface area contributed by atoms with Gasteiger partial charge in [-0.3, -0.25) is 0 Å². The van der Waals surface area contributed by atoms with Crippen molar-refractivity contribution in [3.05, 3.63) is 12.7 Å². The van der Waals surface area contributed by atoms with Crippen LogP contribution in [0.25, 0.3) is 0 Å². The third kappa shape index (κ3) is 17.3. The third-order valence-corrected chi connectivity index (χ3v) is 0.762. The number of hydrogen-bond donors (Lipinski definition) is 1. The van der Waals surface area contributed by atoms with Crippen LogP contribution in [0.4, 0.5) is 0 Å². The van der Waals surface area contributed by atoms with Crippen LogP contribution >= 0.6 is 0 Å². The minimum absolute atomic E-state index is 1.18. The normalized spacial score (nSPS) is 6.88. The molecule has 0 aliphatic rings. The van der Waals surface area contributed by atoms with E-state index in [1.807, 2.05) is 6.08 Å². The Morgan fingerprint density at radius 3 is 2.12 bits per heavy atom. The van der Waals surface area contributed by atoms with E-state index in [9.17, 15) is 0 Å². The van der Waals surface area contributed by atoms with Crippen molar-refractivity contribution in [1.29, 1.82) is 0 Å². The molecule has 0 unspecified atom stereocenters. The maximum Gasteiger partial charge on any atom is -0.0195 e. The second-order valence-electron chi connectivity index (χ2n) is 1.43. The SMILES string of the molecule is C=CCCCC.CN. The lowest BCUT2D eigenvalue weighted by Gasteiger charge is -1.81. The largest absolute Gasteiger partial charge is 0.333 e. The fourth-order valence-electron chi connectivity index (χ4n) is 0.348.